The molecule has 1 unspecified atom stereocenters. The number of hydrogen-bond donors (Lipinski definition) is 1. The Morgan fingerprint density at radius 1 is 1.50 bits per heavy atom. The molecule has 16 heavy (non-hydrogen) atoms. The number of hydrogen-bond acceptors (Lipinski definition) is 5. The van der Waals surface area contributed by atoms with Gasteiger partial charge >= 0.3 is 0 Å². The summed E-state index contributed by atoms with van der Waals surface area (Å²) < 4.78 is 30.5. The normalized spacial score (nSPS) is 13.8. The molecule has 0 fully saturated rings. The SMILES string of the molecule is Cc1noc(C)c1S(=O)(=O)NC(C)C(=O)Cl. The van der Waals surface area contributed by atoms with Gasteiger partial charge in [0.15, 0.2) is 5.76 Å². The molecule has 0 aromatic carbocycles. The smallest absolute Gasteiger partial charge is 0.246 e. The highest BCUT2D eigenvalue weighted by molar-refractivity contribution is 7.89. The molecule has 6 nitrogen and oxygen atoms in total. The van der Waals surface area contributed by atoms with Gasteiger partial charge in [-0.1, -0.05) is 5.16 Å². The van der Waals surface area contributed by atoms with Crippen molar-refractivity contribution in [1.29, 1.82) is 0 Å². The lowest BCUT2D eigenvalue weighted by Gasteiger charge is -2.09. The zero-order valence-electron chi connectivity index (χ0n) is 8.94. The fourth-order valence-corrected chi connectivity index (χ4v) is 2.85. The summed E-state index contributed by atoms with van der Waals surface area (Å²) in [6.07, 6.45) is 0. The largest absolute Gasteiger partial charge is 0.360 e. The lowest BCUT2D eigenvalue weighted by molar-refractivity contribution is -0.112. The first-order chi connectivity index (χ1) is 7.25. The third-order valence-corrected chi connectivity index (χ3v) is 4.02. The molecule has 0 aliphatic rings. The Hall–Kier alpha value is -0.920. The second kappa shape index (κ2) is 4.52. The van der Waals surface area contributed by atoms with Crippen molar-refractivity contribution in [2.75, 3.05) is 0 Å². The Bertz CT molecular complexity index is 489. The van der Waals surface area contributed by atoms with Crippen molar-refractivity contribution in [2.24, 2.45) is 0 Å². The van der Waals surface area contributed by atoms with E-state index in [1.54, 1.807) is 0 Å². The van der Waals surface area contributed by atoms with Gasteiger partial charge < -0.3 is 4.52 Å². The van der Waals surface area contributed by atoms with Gasteiger partial charge in [-0.2, -0.15) is 4.72 Å². The summed E-state index contributed by atoms with van der Waals surface area (Å²) in [4.78, 5) is 10.7. The molecule has 1 aromatic heterocycles. The van der Waals surface area contributed by atoms with Gasteiger partial charge in [0.2, 0.25) is 15.3 Å². The van der Waals surface area contributed by atoms with E-state index in [0.29, 0.717) is 0 Å². The summed E-state index contributed by atoms with van der Waals surface area (Å²) in [6.45, 7) is 4.32. The Labute approximate surface area is 98.0 Å². The molecule has 0 saturated carbocycles. The summed E-state index contributed by atoms with van der Waals surface area (Å²) in [5.41, 5.74) is 0.235. The molecular weight excluding hydrogens is 256 g/mol. The van der Waals surface area contributed by atoms with Gasteiger partial charge in [0.1, 0.15) is 10.6 Å². The average Bonchev–Trinajstić information content (AvgIpc) is 2.45. The summed E-state index contributed by atoms with van der Waals surface area (Å²) in [5.74, 6) is 0.166. The number of nitrogens with zero attached hydrogens (tertiary/aromatic N) is 1. The average molecular weight is 267 g/mol. The van der Waals surface area contributed by atoms with Crippen molar-refractivity contribution in [3.8, 4) is 0 Å². The van der Waals surface area contributed by atoms with Crippen LogP contribution in [0, 0.1) is 13.8 Å². The van der Waals surface area contributed by atoms with Crippen molar-refractivity contribution >= 4 is 26.9 Å². The molecule has 0 bridgehead atoms. The zero-order chi connectivity index (χ0) is 12.5. The van der Waals surface area contributed by atoms with Crippen LogP contribution in [0.15, 0.2) is 9.42 Å². The minimum atomic E-state index is -3.83. The van der Waals surface area contributed by atoms with Crippen LogP contribution in [0.1, 0.15) is 18.4 Å². The van der Waals surface area contributed by atoms with Gasteiger partial charge in [-0.05, 0) is 32.4 Å². The van der Waals surface area contributed by atoms with E-state index in [0.717, 1.165) is 0 Å². The molecule has 0 saturated heterocycles. The van der Waals surface area contributed by atoms with Crippen molar-refractivity contribution in [2.45, 2.75) is 31.7 Å². The third-order valence-electron chi connectivity index (χ3n) is 1.91. The predicted octanol–water partition coefficient (Wildman–Crippen LogP) is 0.724. The Morgan fingerprint density at radius 3 is 2.44 bits per heavy atom. The number of nitrogens with one attached hydrogen (secondary N) is 1. The van der Waals surface area contributed by atoms with E-state index < -0.39 is 21.3 Å². The highest BCUT2D eigenvalue weighted by atomic mass is 35.5. The van der Waals surface area contributed by atoms with Crippen LogP contribution >= 0.6 is 11.6 Å². The monoisotopic (exact) mass is 266 g/mol. The predicted molar refractivity (Wildman–Crippen MR) is 56.6 cm³/mol. The third kappa shape index (κ3) is 2.60. The number of aryl methyl sites for hydroxylation is 2. The maximum Gasteiger partial charge on any atom is 0.246 e. The van der Waals surface area contributed by atoms with Crippen molar-refractivity contribution in [1.82, 2.24) is 9.88 Å². The van der Waals surface area contributed by atoms with E-state index >= 15 is 0 Å². The fourth-order valence-electron chi connectivity index (χ4n) is 1.20. The number of carbonyl (C=O) groups is 1. The quantitative estimate of drug-likeness (QED) is 0.811. The van der Waals surface area contributed by atoms with Crippen LogP contribution in [0.4, 0.5) is 0 Å². The first-order valence-corrected chi connectivity index (χ1v) is 6.26. The van der Waals surface area contributed by atoms with Crippen molar-refractivity contribution < 1.29 is 17.7 Å². The lowest BCUT2D eigenvalue weighted by Crippen LogP contribution is -2.36. The maximum absolute atomic E-state index is 11.8. The molecule has 90 valence electrons. The van der Waals surface area contributed by atoms with Crippen LogP contribution in [0.3, 0.4) is 0 Å². The van der Waals surface area contributed by atoms with Crippen molar-refractivity contribution in [3.05, 3.63) is 11.5 Å². The molecule has 1 N–H and O–H groups in total. The summed E-state index contributed by atoms with van der Waals surface area (Å²) in [5, 5.41) is 2.74. The van der Waals surface area contributed by atoms with Gasteiger partial charge in [0.25, 0.3) is 0 Å². The molecular formula is C8H11ClN2O4S. The van der Waals surface area contributed by atoms with Gasteiger partial charge in [0, 0.05) is 0 Å². The second-order valence-electron chi connectivity index (χ2n) is 3.30. The minimum absolute atomic E-state index is 0.0581. The maximum atomic E-state index is 11.8. The van der Waals surface area contributed by atoms with Crippen LogP contribution in [0.25, 0.3) is 0 Å². The zero-order valence-corrected chi connectivity index (χ0v) is 10.5. The molecule has 0 aliphatic carbocycles. The van der Waals surface area contributed by atoms with E-state index in [-0.39, 0.29) is 16.3 Å². The number of rotatable bonds is 4. The Morgan fingerprint density at radius 2 is 2.06 bits per heavy atom. The molecule has 1 atom stereocenters. The highest BCUT2D eigenvalue weighted by Gasteiger charge is 2.27. The standard InChI is InChI=1S/C8H11ClN2O4S/c1-4-7(6(3)15-10-4)16(13,14)11-5(2)8(9)12/h5,11H,1-3H3. The van der Waals surface area contributed by atoms with E-state index in [2.05, 4.69) is 9.88 Å². The van der Waals surface area contributed by atoms with Crippen LogP contribution < -0.4 is 4.72 Å². The Balaban J connectivity index is 3.09. The topological polar surface area (TPSA) is 89.3 Å². The molecule has 0 radical (unpaired) electrons. The molecule has 1 aromatic rings. The second-order valence-corrected chi connectivity index (χ2v) is 5.32. The molecule has 8 heteroatoms. The van der Waals surface area contributed by atoms with Crippen molar-refractivity contribution in [3.63, 3.8) is 0 Å². The fraction of sp³-hybridized carbons (Fsp3) is 0.500. The molecule has 1 rings (SSSR count). The van der Waals surface area contributed by atoms with Crippen LogP contribution in [0.5, 0.6) is 0 Å². The molecule has 0 amide bonds. The van der Waals surface area contributed by atoms with E-state index in [4.69, 9.17) is 16.1 Å². The van der Waals surface area contributed by atoms with Crippen LogP contribution in [-0.4, -0.2) is 24.9 Å². The Kier molecular flexibility index (Phi) is 3.72. The van der Waals surface area contributed by atoms with E-state index in [1.165, 1.54) is 20.8 Å². The number of aromatic nitrogens is 1. The first-order valence-electron chi connectivity index (χ1n) is 4.40. The lowest BCUT2D eigenvalue weighted by atomic mass is 10.4. The van der Waals surface area contributed by atoms with Gasteiger partial charge in [-0.25, -0.2) is 8.42 Å². The summed E-state index contributed by atoms with van der Waals surface area (Å²) >= 11 is 5.17. The van der Waals surface area contributed by atoms with Gasteiger partial charge in [-0.3, -0.25) is 4.79 Å². The number of sulfonamides is 1. The molecule has 0 aliphatic heterocycles. The number of halogens is 1. The van der Waals surface area contributed by atoms with Gasteiger partial charge in [-0.15, -0.1) is 0 Å². The summed E-state index contributed by atoms with van der Waals surface area (Å²) in [7, 11) is -3.83. The van der Waals surface area contributed by atoms with Crippen LogP contribution in [0.2, 0.25) is 0 Å². The van der Waals surface area contributed by atoms with E-state index in [1.807, 2.05) is 0 Å². The highest BCUT2D eigenvalue weighted by Crippen LogP contribution is 2.18. The van der Waals surface area contributed by atoms with E-state index in [9.17, 15) is 13.2 Å². The van der Waals surface area contributed by atoms with Gasteiger partial charge in [0.05, 0.1) is 6.04 Å². The minimum Gasteiger partial charge on any atom is -0.360 e. The first kappa shape index (κ1) is 13.1. The molecule has 0 spiro atoms. The summed E-state index contributed by atoms with van der Waals surface area (Å²) in [6, 6.07) is -1.000. The number of carbonyl (C=O) groups excluding carboxylic acids is 1. The molecule has 1 heterocycles. The van der Waals surface area contributed by atoms with Crippen LogP contribution in [-0.2, 0) is 14.8 Å².